The summed E-state index contributed by atoms with van der Waals surface area (Å²) in [4.78, 5) is 4.10. The van der Waals surface area contributed by atoms with Crippen LogP contribution in [0.1, 0.15) is 32.1 Å². The first-order valence-electron chi connectivity index (χ1n) is 6.61. The molecular formula is C14H16F3N3O. The maximum Gasteiger partial charge on any atom is 0.231 e. The predicted molar refractivity (Wildman–Crippen MR) is 70.9 cm³/mol. The molecule has 114 valence electrons. The second-order valence-electron chi connectivity index (χ2n) is 5.27. The molecule has 1 heterocycles. The minimum absolute atomic E-state index is 0.00464. The molecule has 2 rings (SSSR count). The number of nitrogens with zero attached hydrogens (tertiary/aromatic N) is 2. The third kappa shape index (κ3) is 3.41. The zero-order chi connectivity index (χ0) is 15.6. The molecule has 0 spiro atoms. The van der Waals surface area contributed by atoms with Crippen LogP contribution >= 0.6 is 0 Å². The fraction of sp³-hybridized carbons (Fsp3) is 0.429. The first-order valence-corrected chi connectivity index (χ1v) is 6.61. The summed E-state index contributed by atoms with van der Waals surface area (Å²) in [7, 11) is 0. The third-order valence-electron chi connectivity index (χ3n) is 3.07. The van der Waals surface area contributed by atoms with Gasteiger partial charge in [0.1, 0.15) is 0 Å². The van der Waals surface area contributed by atoms with E-state index in [2.05, 4.69) is 10.1 Å². The van der Waals surface area contributed by atoms with Crippen molar-refractivity contribution in [3.05, 3.63) is 35.5 Å². The highest BCUT2D eigenvalue weighted by Crippen LogP contribution is 2.25. The van der Waals surface area contributed by atoms with Crippen LogP contribution in [0.4, 0.5) is 13.2 Å². The topological polar surface area (TPSA) is 64.9 Å². The van der Waals surface area contributed by atoms with E-state index in [9.17, 15) is 13.2 Å². The van der Waals surface area contributed by atoms with E-state index in [-0.39, 0.29) is 17.3 Å². The van der Waals surface area contributed by atoms with Crippen molar-refractivity contribution >= 4 is 0 Å². The fourth-order valence-electron chi connectivity index (χ4n) is 2.07. The van der Waals surface area contributed by atoms with Crippen molar-refractivity contribution in [1.82, 2.24) is 10.1 Å². The Morgan fingerprint density at radius 3 is 2.33 bits per heavy atom. The predicted octanol–water partition coefficient (Wildman–Crippen LogP) is 3.24. The van der Waals surface area contributed by atoms with Gasteiger partial charge < -0.3 is 10.3 Å². The summed E-state index contributed by atoms with van der Waals surface area (Å²) in [5, 5.41) is 3.68. The van der Waals surface area contributed by atoms with Gasteiger partial charge in [0.15, 0.2) is 17.5 Å². The van der Waals surface area contributed by atoms with Gasteiger partial charge in [-0.15, -0.1) is 0 Å². The van der Waals surface area contributed by atoms with Gasteiger partial charge in [0.2, 0.25) is 11.7 Å². The van der Waals surface area contributed by atoms with Crippen molar-refractivity contribution in [2.45, 2.75) is 26.2 Å². The number of rotatable bonds is 5. The summed E-state index contributed by atoms with van der Waals surface area (Å²) in [6.07, 6.45) is 0.754. The van der Waals surface area contributed by atoms with E-state index in [1.807, 2.05) is 13.8 Å². The molecule has 1 unspecified atom stereocenters. The second kappa shape index (κ2) is 6.26. The monoisotopic (exact) mass is 299 g/mol. The van der Waals surface area contributed by atoms with Crippen molar-refractivity contribution in [2.24, 2.45) is 11.7 Å². The van der Waals surface area contributed by atoms with E-state index in [1.165, 1.54) is 0 Å². The van der Waals surface area contributed by atoms with Crippen LogP contribution in [0, 0.1) is 23.4 Å². The molecule has 7 heteroatoms. The Bertz CT molecular complexity index is 605. The number of benzene rings is 1. The molecule has 0 fully saturated rings. The molecule has 0 saturated carbocycles. The summed E-state index contributed by atoms with van der Waals surface area (Å²) >= 11 is 0. The van der Waals surface area contributed by atoms with Gasteiger partial charge in [-0.2, -0.15) is 4.98 Å². The number of nitrogens with two attached hydrogens (primary N) is 1. The van der Waals surface area contributed by atoms with Crippen LogP contribution in [0.5, 0.6) is 0 Å². The van der Waals surface area contributed by atoms with Crippen molar-refractivity contribution in [3.8, 4) is 11.4 Å². The lowest BCUT2D eigenvalue weighted by atomic mass is 9.97. The molecule has 0 saturated heterocycles. The molecule has 0 aliphatic carbocycles. The van der Waals surface area contributed by atoms with Crippen LogP contribution in [0.3, 0.4) is 0 Å². The zero-order valence-electron chi connectivity index (χ0n) is 11.7. The first kappa shape index (κ1) is 15.5. The molecule has 4 nitrogen and oxygen atoms in total. The second-order valence-corrected chi connectivity index (χ2v) is 5.27. The van der Waals surface area contributed by atoms with E-state index >= 15 is 0 Å². The summed E-state index contributed by atoms with van der Waals surface area (Å²) < 4.78 is 44.4. The smallest absolute Gasteiger partial charge is 0.231 e. The SMILES string of the molecule is CC(C)CC(CN)c1nc(-c2cc(F)c(F)c(F)c2)no1. The summed E-state index contributed by atoms with van der Waals surface area (Å²) in [6, 6.07) is 1.65. The minimum Gasteiger partial charge on any atom is -0.339 e. The molecule has 0 bridgehead atoms. The van der Waals surface area contributed by atoms with E-state index in [1.54, 1.807) is 0 Å². The van der Waals surface area contributed by atoms with Gasteiger partial charge in [0.25, 0.3) is 0 Å². The normalized spacial score (nSPS) is 12.9. The van der Waals surface area contributed by atoms with Gasteiger partial charge in [-0.05, 0) is 24.5 Å². The van der Waals surface area contributed by atoms with Gasteiger partial charge in [-0.1, -0.05) is 19.0 Å². The fourth-order valence-corrected chi connectivity index (χ4v) is 2.07. The summed E-state index contributed by atoms with van der Waals surface area (Å²) in [5.74, 6) is -3.54. The molecule has 2 N–H and O–H groups in total. The molecule has 1 aromatic carbocycles. The highest BCUT2D eigenvalue weighted by Gasteiger charge is 2.21. The van der Waals surface area contributed by atoms with Crippen molar-refractivity contribution < 1.29 is 17.7 Å². The van der Waals surface area contributed by atoms with E-state index < -0.39 is 17.5 Å². The van der Waals surface area contributed by atoms with Gasteiger partial charge in [0, 0.05) is 12.1 Å². The Hall–Kier alpha value is -1.89. The molecule has 0 amide bonds. The lowest BCUT2D eigenvalue weighted by Gasteiger charge is -2.11. The van der Waals surface area contributed by atoms with Crippen LogP contribution in [0.25, 0.3) is 11.4 Å². The first-order chi connectivity index (χ1) is 9.92. The van der Waals surface area contributed by atoms with E-state index in [4.69, 9.17) is 10.3 Å². The highest BCUT2D eigenvalue weighted by molar-refractivity contribution is 5.54. The van der Waals surface area contributed by atoms with Gasteiger partial charge in [0.05, 0.1) is 5.92 Å². The molecule has 1 aromatic heterocycles. The van der Waals surface area contributed by atoms with Crippen LogP contribution < -0.4 is 5.73 Å². The van der Waals surface area contributed by atoms with Crippen LogP contribution in [-0.4, -0.2) is 16.7 Å². The number of hydrogen-bond acceptors (Lipinski definition) is 4. The third-order valence-corrected chi connectivity index (χ3v) is 3.07. The average Bonchev–Trinajstić information content (AvgIpc) is 2.91. The molecule has 2 aromatic rings. The molecule has 0 radical (unpaired) electrons. The highest BCUT2D eigenvalue weighted by atomic mass is 19.2. The van der Waals surface area contributed by atoms with Crippen molar-refractivity contribution in [3.63, 3.8) is 0 Å². The van der Waals surface area contributed by atoms with Crippen molar-refractivity contribution in [2.75, 3.05) is 6.54 Å². The standard InChI is InChI=1S/C14H16F3N3O/c1-7(2)3-9(6-18)14-19-13(20-21-14)8-4-10(15)12(17)11(16)5-8/h4-5,7,9H,3,6,18H2,1-2H3. The Labute approximate surface area is 120 Å². The zero-order valence-corrected chi connectivity index (χ0v) is 11.7. The van der Waals surface area contributed by atoms with Gasteiger partial charge >= 0.3 is 0 Å². The summed E-state index contributed by atoms with van der Waals surface area (Å²) in [5.41, 5.74) is 5.69. The molecule has 21 heavy (non-hydrogen) atoms. The maximum absolute atomic E-state index is 13.2. The number of aromatic nitrogens is 2. The maximum atomic E-state index is 13.2. The molecule has 0 aliphatic rings. The van der Waals surface area contributed by atoms with E-state index in [0.29, 0.717) is 18.4 Å². The average molecular weight is 299 g/mol. The minimum atomic E-state index is -1.53. The van der Waals surface area contributed by atoms with Crippen LogP contribution in [0.15, 0.2) is 16.7 Å². The van der Waals surface area contributed by atoms with Gasteiger partial charge in [-0.3, -0.25) is 0 Å². The summed E-state index contributed by atoms with van der Waals surface area (Å²) in [6.45, 7) is 4.39. The largest absolute Gasteiger partial charge is 0.339 e. The van der Waals surface area contributed by atoms with E-state index in [0.717, 1.165) is 18.6 Å². The Morgan fingerprint density at radius 2 is 1.81 bits per heavy atom. The Balaban J connectivity index is 2.31. The Kier molecular flexibility index (Phi) is 4.62. The molecular weight excluding hydrogens is 283 g/mol. The quantitative estimate of drug-likeness (QED) is 0.861. The van der Waals surface area contributed by atoms with Gasteiger partial charge in [-0.25, -0.2) is 13.2 Å². The van der Waals surface area contributed by atoms with Crippen molar-refractivity contribution in [1.29, 1.82) is 0 Å². The number of halogens is 3. The van der Waals surface area contributed by atoms with Crippen LogP contribution in [-0.2, 0) is 0 Å². The Morgan fingerprint density at radius 1 is 1.19 bits per heavy atom. The lowest BCUT2D eigenvalue weighted by Crippen LogP contribution is -2.15. The lowest BCUT2D eigenvalue weighted by molar-refractivity contribution is 0.334. The number of hydrogen-bond donors (Lipinski definition) is 1. The molecule has 1 atom stereocenters. The molecule has 0 aliphatic heterocycles. The van der Waals surface area contributed by atoms with Crippen LogP contribution in [0.2, 0.25) is 0 Å².